The molecule has 2 atom stereocenters. The molecule has 1 aliphatic heterocycles. The first-order valence-electron chi connectivity index (χ1n) is 6.34. The van der Waals surface area contributed by atoms with Gasteiger partial charge in [0.25, 0.3) is 11.6 Å². The number of rotatable bonds is 3. The van der Waals surface area contributed by atoms with E-state index in [2.05, 4.69) is 17.6 Å². The van der Waals surface area contributed by atoms with E-state index in [-0.39, 0.29) is 30.0 Å². The SMILES string of the molecule is CC1CNCCC1NC(=O)c1cccc([N+](=O)[O-])c1.Cl. The molecule has 1 aromatic rings. The molecular formula is C13H18ClN3O3. The molecule has 20 heavy (non-hydrogen) atoms. The third-order valence-corrected chi connectivity index (χ3v) is 3.42. The smallest absolute Gasteiger partial charge is 0.270 e. The van der Waals surface area contributed by atoms with Crippen LogP contribution < -0.4 is 10.6 Å². The number of benzene rings is 1. The first kappa shape index (κ1) is 16.4. The Morgan fingerprint density at radius 2 is 2.25 bits per heavy atom. The Morgan fingerprint density at radius 3 is 2.90 bits per heavy atom. The summed E-state index contributed by atoms with van der Waals surface area (Å²) in [5, 5.41) is 16.9. The zero-order valence-corrected chi connectivity index (χ0v) is 12.0. The van der Waals surface area contributed by atoms with Crippen molar-refractivity contribution in [2.45, 2.75) is 19.4 Å². The minimum atomic E-state index is -0.496. The van der Waals surface area contributed by atoms with Crippen LogP contribution >= 0.6 is 12.4 Å². The molecule has 0 aromatic heterocycles. The van der Waals surface area contributed by atoms with Gasteiger partial charge < -0.3 is 10.6 Å². The van der Waals surface area contributed by atoms with Crippen LogP contribution in [0.1, 0.15) is 23.7 Å². The summed E-state index contributed by atoms with van der Waals surface area (Å²) in [6.45, 7) is 3.83. The summed E-state index contributed by atoms with van der Waals surface area (Å²) in [5.41, 5.74) is 0.269. The number of hydrogen-bond acceptors (Lipinski definition) is 4. The largest absolute Gasteiger partial charge is 0.349 e. The van der Waals surface area contributed by atoms with E-state index in [9.17, 15) is 14.9 Å². The molecule has 1 saturated heterocycles. The summed E-state index contributed by atoms with van der Waals surface area (Å²) in [6.07, 6.45) is 0.877. The third kappa shape index (κ3) is 3.91. The molecule has 2 rings (SSSR count). The number of amides is 1. The molecule has 2 N–H and O–H groups in total. The lowest BCUT2D eigenvalue weighted by Gasteiger charge is -2.30. The molecular weight excluding hydrogens is 282 g/mol. The van der Waals surface area contributed by atoms with Gasteiger partial charge in [-0.15, -0.1) is 12.4 Å². The summed E-state index contributed by atoms with van der Waals surface area (Å²) in [5.74, 6) is 0.110. The fourth-order valence-corrected chi connectivity index (χ4v) is 2.24. The fraction of sp³-hybridized carbons (Fsp3) is 0.462. The van der Waals surface area contributed by atoms with E-state index >= 15 is 0 Å². The van der Waals surface area contributed by atoms with Crippen molar-refractivity contribution in [2.75, 3.05) is 13.1 Å². The van der Waals surface area contributed by atoms with E-state index in [1.54, 1.807) is 6.07 Å². The van der Waals surface area contributed by atoms with Gasteiger partial charge in [-0.2, -0.15) is 0 Å². The van der Waals surface area contributed by atoms with Crippen molar-refractivity contribution in [2.24, 2.45) is 5.92 Å². The predicted octanol–water partition coefficient (Wildman–Crippen LogP) is 1.74. The van der Waals surface area contributed by atoms with Crippen molar-refractivity contribution < 1.29 is 9.72 Å². The standard InChI is InChI=1S/C13H17N3O3.ClH/c1-9-8-14-6-5-12(9)15-13(17)10-3-2-4-11(7-10)16(18)19;/h2-4,7,9,12,14H,5-6,8H2,1H3,(H,15,17);1H. The highest BCUT2D eigenvalue weighted by atomic mass is 35.5. The second-order valence-electron chi connectivity index (χ2n) is 4.86. The monoisotopic (exact) mass is 299 g/mol. The lowest BCUT2D eigenvalue weighted by molar-refractivity contribution is -0.384. The van der Waals surface area contributed by atoms with Crippen molar-refractivity contribution in [1.82, 2.24) is 10.6 Å². The molecule has 0 saturated carbocycles. The number of hydrogen-bond donors (Lipinski definition) is 2. The lowest BCUT2D eigenvalue weighted by atomic mass is 9.95. The van der Waals surface area contributed by atoms with Gasteiger partial charge in [0, 0.05) is 23.7 Å². The fourth-order valence-electron chi connectivity index (χ4n) is 2.24. The molecule has 0 spiro atoms. The maximum absolute atomic E-state index is 12.1. The van der Waals surface area contributed by atoms with Crippen LogP contribution in [-0.4, -0.2) is 30.0 Å². The Kier molecular flexibility index (Phi) is 5.91. The van der Waals surface area contributed by atoms with E-state index in [1.807, 2.05) is 0 Å². The molecule has 1 aromatic carbocycles. The molecule has 1 fully saturated rings. The first-order chi connectivity index (χ1) is 9.08. The Hall–Kier alpha value is -1.66. The minimum absolute atomic E-state index is 0. The van der Waals surface area contributed by atoms with Crippen LogP contribution in [0.2, 0.25) is 0 Å². The van der Waals surface area contributed by atoms with Gasteiger partial charge in [0.05, 0.1) is 4.92 Å². The van der Waals surface area contributed by atoms with Crippen LogP contribution in [0.4, 0.5) is 5.69 Å². The maximum Gasteiger partial charge on any atom is 0.270 e. The van der Waals surface area contributed by atoms with Gasteiger partial charge in [-0.3, -0.25) is 14.9 Å². The second-order valence-corrected chi connectivity index (χ2v) is 4.86. The van der Waals surface area contributed by atoms with Crippen LogP contribution in [0.5, 0.6) is 0 Å². The van der Waals surface area contributed by atoms with Crippen molar-refractivity contribution in [3.05, 3.63) is 39.9 Å². The number of piperidine rings is 1. The van der Waals surface area contributed by atoms with Gasteiger partial charge in [0.15, 0.2) is 0 Å². The summed E-state index contributed by atoms with van der Waals surface area (Å²) < 4.78 is 0. The third-order valence-electron chi connectivity index (χ3n) is 3.42. The van der Waals surface area contributed by atoms with E-state index in [1.165, 1.54) is 18.2 Å². The van der Waals surface area contributed by atoms with Crippen LogP contribution in [0, 0.1) is 16.0 Å². The highest BCUT2D eigenvalue weighted by molar-refractivity contribution is 5.95. The Morgan fingerprint density at radius 1 is 1.50 bits per heavy atom. The highest BCUT2D eigenvalue weighted by Gasteiger charge is 2.23. The molecule has 0 aliphatic carbocycles. The van der Waals surface area contributed by atoms with Crippen molar-refractivity contribution in [3.63, 3.8) is 0 Å². The number of nitro groups is 1. The van der Waals surface area contributed by atoms with Gasteiger partial charge >= 0.3 is 0 Å². The summed E-state index contributed by atoms with van der Waals surface area (Å²) in [7, 11) is 0. The normalized spacial score (nSPS) is 21.6. The molecule has 7 heteroatoms. The topological polar surface area (TPSA) is 84.3 Å². The molecule has 0 radical (unpaired) electrons. The van der Waals surface area contributed by atoms with E-state index < -0.39 is 4.92 Å². The zero-order chi connectivity index (χ0) is 13.8. The number of nitro benzene ring substituents is 1. The predicted molar refractivity (Wildman–Crippen MR) is 78.2 cm³/mol. The summed E-state index contributed by atoms with van der Waals surface area (Å²) >= 11 is 0. The van der Waals surface area contributed by atoms with E-state index in [4.69, 9.17) is 0 Å². The van der Waals surface area contributed by atoms with Crippen LogP contribution in [0.15, 0.2) is 24.3 Å². The zero-order valence-electron chi connectivity index (χ0n) is 11.2. The van der Waals surface area contributed by atoms with Gasteiger partial charge in [0.1, 0.15) is 0 Å². The Balaban J connectivity index is 0.00000200. The van der Waals surface area contributed by atoms with Crippen LogP contribution in [0.3, 0.4) is 0 Å². The van der Waals surface area contributed by atoms with Crippen LogP contribution in [0.25, 0.3) is 0 Å². The summed E-state index contributed by atoms with van der Waals surface area (Å²) in [4.78, 5) is 22.3. The molecule has 2 unspecified atom stereocenters. The van der Waals surface area contributed by atoms with Crippen molar-refractivity contribution in [3.8, 4) is 0 Å². The van der Waals surface area contributed by atoms with Crippen LogP contribution in [-0.2, 0) is 0 Å². The summed E-state index contributed by atoms with van der Waals surface area (Å²) in [6, 6.07) is 5.92. The number of nitrogens with one attached hydrogen (secondary N) is 2. The minimum Gasteiger partial charge on any atom is -0.349 e. The number of carbonyl (C=O) groups excluding carboxylic acids is 1. The van der Waals surface area contributed by atoms with E-state index in [0.29, 0.717) is 11.5 Å². The second kappa shape index (κ2) is 7.21. The highest BCUT2D eigenvalue weighted by Crippen LogP contribution is 2.15. The van der Waals surface area contributed by atoms with Gasteiger partial charge in [-0.1, -0.05) is 13.0 Å². The van der Waals surface area contributed by atoms with Gasteiger partial charge in [-0.25, -0.2) is 0 Å². The average Bonchev–Trinajstić information content (AvgIpc) is 2.41. The molecule has 1 aliphatic rings. The quantitative estimate of drug-likeness (QED) is 0.658. The lowest BCUT2D eigenvalue weighted by Crippen LogP contribution is -2.48. The van der Waals surface area contributed by atoms with Gasteiger partial charge in [0.2, 0.25) is 0 Å². The molecule has 0 bridgehead atoms. The molecule has 1 heterocycles. The maximum atomic E-state index is 12.1. The first-order valence-corrected chi connectivity index (χ1v) is 6.34. The number of halogens is 1. The molecule has 1 amide bonds. The average molecular weight is 300 g/mol. The Bertz CT molecular complexity index is 496. The number of carbonyl (C=O) groups is 1. The van der Waals surface area contributed by atoms with Gasteiger partial charge in [-0.05, 0) is 31.5 Å². The van der Waals surface area contributed by atoms with Crippen molar-refractivity contribution in [1.29, 1.82) is 0 Å². The van der Waals surface area contributed by atoms with E-state index in [0.717, 1.165) is 19.5 Å². The number of non-ortho nitro benzene ring substituents is 1. The Labute approximate surface area is 123 Å². The molecule has 6 nitrogen and oxygen atoms in total. The van der Waals surface area contributed by atoms with Crippen molar-refractivity contribution >= 4 is 24.0 Å². The number of nitrogens with zero attached hydrogens (tertiary/aromatic N) is 1. The molecule has 110 valence electrons.